The predicted molar refractivity (Wildman–Crippen MR) is 63.4 cm³/mol. The maximum Gasteiger partial charge on any atom is 0.435 e. The molecule has 1 heterocycles. The predicted octanol–water partition coefficient (Wildman–Crippen LogP) is 1.69. The average molecular weight is 262 g/mol. The van der Waals surface area contributed by atoms with Crippen molar-refractivity contribution in [2.75, 3.05) is 0 Å². The van der Waals surface area contributed by atoms with Crippen molar-refractivity contribution in [2.45, 2.75) is 6.61 Å². The highest BCUT2D eigenvalue weighted by Crippen LogP contribution is 2.15. The molecule has 0 aliphatic heterocycles. The van der Waals surface area contributed by atoms with E-state index in [-0.39, 0.29) is 18.2 Å². The molecule has 7 nitrogen and oxygen atoms in total. The molecular weight excluding hydrogens is 252 g/mol. The smallest absolute Gasteiger partial charge is 0.435 e. The van der Waals surface area contributed by atoms with Crippen LogP contribution in [-0.4, -0.2) is 32.1 Å². The van der Waals surface area contributed by atoms with Gasteiger partial charge in [-0.05, 0) is 5.56 Å². The molecule has 0 saturated carbocycles. The minimum Gasteiger partial charge on any atom is -0.476 e. The van der Waals surface area contributed by atoms with Crippen LogP contribution in [0.4, 0.5) is 4.79 Å². The van der Waals surface area contributed by atoms with E-state index < -0.39 is 12.1 Å². The second kappa shape index (κ2) is 5.21. The highest BCUT2D eigenvalue weighted by molar-refractivity contribution is 5.86. The maximum atomic E-state index is 10.9. The van der Waals surface area contributed by atoms with Gasteiger partial charge < -0.3 is 14.9 Å². The minimum absolute atomic E-state index is 0.124. The molecule has 0 unspecified atom stereocenters. The number of benzene rings is 1. The highest BCUT2D eigenvalue weighted by atomic mass is 16.5. The molecule has 7 heteroatoms. The molecule has 0 atom stereocenters. The van der Waals surface area contributed by atoms with E-state index >= 15 is 0 Å². The summed E-state index contributed by atoms with van der Waals surface area (Å²) >= 11 is 0. The van der Waals surface area contributed by atoms with Crippen LogP contribution in [0, 0.1) is 0 Å². The summed E-state index contributed by atoms with van der Waals surface area (Å²) in [6.07, 6.45) is -1.41. The zero-order valence-corrected chi connectivity index (χ0v) is 9.68. The first-order chi connectivity index (χ1) is 9.08. The lowest BCUT2D eigenvalue weighted by molar-refractivity contribution is 0.0690. The number of nitrogens with zero attached hydrogens (tertiary/aromatic N) is 2. The molecule has 1 aromatic carbocycles. The molecule has 0 saturated heterocycles. The fourth-order valence-corrected chi connectivity index (χ4v) is 1.44. The molecule has 0 amide bonds. The molecule has 2 aromatic rings. The molecular formula is C12H10N2O5. The number of hydrogen-bond donors (Lipinski definition) is 2. The zero-order valence-electron chi connectivity index (χ0n) is 9.68. The van der Waals surface area contributed by atoms with Gasteiger partial charge in [-0.1, -0.05) is 30.3 Å². The summed E-state index contributed by atoms with van der Waals surface area (Å²) in [7, 11) is 0. The van der Waals surface area contributed by atoms with E-state index in [1.807, 2.05) is 18.2 Å². The van der Waals surface area contributed by atoms with Crippen molar-refractivity contribution in [1.82, 2.24) is 9.78 Å². The van der Waals surface area contributed by atoms with Crippen LogP contribution in [-0.2, 0) is 6.61 Å². The van der Waals surface area contributed by atoms with Gasteiger partial charge in [0.25, 0.3) is 0 Å². The zero-order chi connectivity index (χ0) is 13.8. The number of ether oxygens (including phenoxy) is 1. The average Bonchev–Trinajstić information content (AvgIpc) is 2.82. The third-order valence-electron chi connectivity index (χ3n) is 2.31. The Balaban J connectivity index is 2.19. The first-order valence-corrected chi connectivity index (χ1v) is 5.31. The Bertz CT molecular complexity index is 606. The summed E-state index contributed by atoms with van der Waals surface area (Å²) in [6, 6.07) is 10.2. The molecule has 1 aromatic heterocycles. The van der Waals surface area contributed by atoms with Gasteiger partial charge in [0, 0.05) is 6.07 Å². The van der Waals surface area contributed by atoms with Crippen LogP contribution in [0.1, 0.15) is 16.1 Å². The second-order valence-corrected chi connectivity index (χ2v) is 3.64. The lowest BCUT2D eigenvalue weighted by atomic mass is 10.2. The number of carbonyl (C=O) groups is 2. The SMILES string of the molecule is O=C(O)c1cc(OCc2ccccc2)n(C(=O)O)n1. The van der Waals surface area contributed by atoms with Gasteiger partial charge in [-0.2, -0.15) is 5.10 Å². The lowest BCUT2D eigenvalue weighted by Crippen LogP contribution is -2.13. The van der Waals surface area contributed by atoms with Crippen LogP contribution in [0.2, 0.25) is 0 Å². The standard InChI is InChI=1S/C12H10N2O5/c15-11(16)9-6-10(14(13-9)12(17)18)19-7-8-4-2-1-3-5-8/h1-6H,7H2,(H,15,16)(H,17,18). The van der Waals surface area contributed by atoms with Gasteiger partial charge in [-0.25, -0.2) is 9.59 Å². The number of hydrogen-bond acceptors (Lipinski definition) is 4. The normalized spacial score (nSPS) is 10.1. The summed E-state index contributed by atoms with van der Waals surface area (Å²) in [5.41, 5.74) is 0.447. The van der Waals surface area contributed by atoms with Gasteiger partial charge in [0.2, 0.25) is 5.88 Å². The molecule has 2 rings (SSSR count). The van der Waals surface area contributed by atoms with E-state index in [0.717, 1.165) is 11.6 Å². The summed E-state index contributed by atoms with van der Waals surface area (Å²) < 4.78 is 5.76. The van der Waals surface area contributed by atoms with Gasteiger partial charge in [-0.15, -0.1) is 4.68 Å². The first-order valence-electron chi connectivity index (χ1n) is 5.31. The third kappa shape index (κ3) is 2.89. The van der Waals surface area contributed by atoms with E-state index in [2.05, 4.69) is 5.10 Å². The van der Waals surface area contributed by atoms with Gasteiger partial charge in [0.05, 0.1) is 0 Å². The molecule has 98 valence electrons. The fourth-order valence-electron chi connectivity index (χ4n) is 1.44. The van der Waals surface area contributed by atoms with E-state index in [9.17, 15) is 9.59 Å². The van der Waals surface area contributed by atoms with Crippen LogP contribution in [0.25, 0.3) is 0 Å². The third-order valence-corrected chi connectivity index (χ3v) is 2.31. The Morgan fingerprint density at radius 1 is 1.21 bits per heavy atom. The van der Waals surface area contributed by atoms with Crippen LogP contribution in [0.15, 0.2) is 36.4 Å². The molecule has 0 bridgehead atoms. The van der Waals surface area contributed by atoms with Crippen molar-refractivity contribution in [2.24, 2.45) is 0 Å². The van der Waals surface area contributed by atoms with E-state index in [1.54, 1.807) is 12.1 Å². The summed E-state index contributed by atoms with van der Waals surface area (Å²) in [4.78, 5) is 21.6. The largest absolute Gasteiger partial charge is 0.476 e. The number of aromatic nitrogens is 2. The Labute approximate surface area is 107 Å². The Morgan fingerprint density at radius 2 is 1.89 bits per heavy atom. The fraction of sp³-hybridized carbons (Fsp3) is 0.0833. The van der Waals surface area contributed by atoms with Gasteiger partial charge in [0.15, 0.2) is 5.69 Å². The van der Waals surface area contributed by atoms with Crippen LogP contribution in [0.3, 0.4) is 0 Å². The van der Waals surface area contributed by atoms with Crippen molar-refractivity contribution >= 4 is 12.1 Å². The minimum atomic E-state index is -1.41. The monoisotopic (exact) mass is 262 g/mol. The molecule has 2 N–H and O–H groups in total. The van der Waals surface area contributed by atoms with Gasteiger partial charge in [-0.3, -0.25) is 0 Å². The Kier molecular flexibility index (Phi) is 3.46. The van der Waals surface area contributed by atoms with E-state index in [4.69, 9.17) is 14.9 Å². The molecule has 19 heavy (non-hydrogen) atoms. The quantitative estimate of drug-likeness (QED) is 0.869. The second-order valence-electron chi connectivity index (χ2n) is 3.64. The van der Waals surface area contributed by atoms with Crippen molar-refractivity contribution in [3.8, 4) is 5.88 Å². The van der Waals surface area contributed by atoms with Crippen molar-refractivity contribution in [1.29, 1.82) is 0 Å². The number of rotatable bonds is 4. The number of carboxylic acids is 1. The van der Waals surface area contributed by atoms with Crippen molar-refractivity contribution in [3.63, 3.8) is 0 Å². The van der Waals surface area contributed by atoms with Gasteiger partial charge in [0.1, 0.15) is 6.61 Å². The number of carboxylic acid groups (broad SMARTS) is 2. The van der Waals surface area contributed by atoms with E-state index in [0.29, 0.717) is 4.68 Å². The Hall–Kier alpha value is -2.83. The first kappa shape index (κ1) is 12.6. The molecule has 0 aliphatic carbocycles. The van der Waals surface area contributed by atoms with Crippen LogP contribution in [0.5, 0.6) is 5.88 Å². The van der Waals surface area contributed by atoms with Gasteiger partial charge >= 0.3 is 12.1 Å². The summed E-state index contributed by atoms with van der Waals surface area (Å²) in [5, 5.41) is 21.1. The molecule has 0 fully saturated rings. The molecule has 0 spiro atoms. The van der Waals surface area contributed by atoms with Crippen molar-refractivity contribution < 1.29 is 24.5 Å². The maximum absolute atomic E-state index is 10.9. The van der Waals surface area contributed by atoms with Crippen LogP contribution >= 0.6 is 0 Å². The molecule has 0 aliphatic rings. The highest BCUT2D eigenvalue weighted by Gasteiger charge is 2.18. The van der Waals surface area contributed by atoms with Crippen LogP contribution < -0.4 is 4.74 Å². The Morgan fingerprint density at radius 3 is 2.47 bits per heavy atom. The lowest BCUT2D eigenvalue weighted by Gasteiger charge is -2.05. The number of aromatic carboxylic acids is 1. The summed E-state index contributed by atoms with van der Waals surface area (Å²) in [6.45, 7) is 0.124. The molecule has 0 radical (unpaired) electrons. The van der Waals surface area contributed by atoms with E-state index in [1.165, 1.54) is 0 Å². The topological polar surface area (TPSA) is 102 Å². The summed E-state index contributed by atoms with van der Waals surface area (Å²) in [5.74, 6) is -1.45. The van der Waals surface area contributed by atoms with Crippen molar-refractivity contribution in [3.05, 3.63) is 47.7 Å².